The van der Waals surface area contributed by atoms with Crippen LogP contribution in [0.4, 0.5) is 10.5 Å². The Kier molecular flexibility index (Phi) is 5.43. The highest BCUT2D eigenvalue weighted by molar-refractivity contribution is 8.08. The third kappa shape index (κ3) is 3.88. The fraction of sp³-hybridized carbons (Fsp3) is 0.235. The number of nitrogens with one attached hydrogen (secondary N) is 2. The summed E-state index contributed by atoms with van der Waals surface area (Å²) in [5.41, 5.74) is 1.31. The van der Waals surface area contributed by atoms with Crippen LogP contribution in [0.2, 0.25) is 0 Å². The molecule has 7 nitrogen and oxygen atoms in total. The second kappa shape index (κ2) is 7.08. The molecule has 26 heavy (non-hydrogen) atoms. The van der Waals surface area contributed by atoms with Crippen molar-refractivity contribution in [3.63, 3.8) is 0 Å². The van der Waals surface area contributed by atoms with Crippen molar-refractivity contribution in [3.8, 4) is 0 Å². The Morgan fingerprint density at radius 2 is 1.35 bits per heavy atom. The fourth-order valence-electron chi connectivity index (χ4n) is 2.57. The van der Waals surface area contributed by atoms with Gasteiger partial charge in [-0.15, -0.1) is 0 Å². The van der Waals surface area contributed by atoms with E-state index in [1.54, 1.807) is 30.3 Å². The number of carbonyl (C=O) groups excluding carboxylic acids is 1. The summed E-state index contributed by atoms with van der Waals surface area (Å²) in [6, 6.07) is 13.1. The Morgan fingerprint density at radius 3 is 1.81 bits per heavy atom. The molecule has 0 aliphatic carbocycles. The number of carbonyl (C=O) groups is 1. The smallest absolute Gasteiger partial charge is 0.308 e. The number of urea groups is 1. The van der Waals surface area contributed by atoms with Crippen LogP contribution in [0.1, 0.15) is 11.1 Å². The van der Waals surface area contributed by atoms with Crippen LogP contribution in [0.25, 0.3) is 0 Å². The van der Waals surface area contributed by atoms with Crippen LogP contribution in [0, 0.1) is 6.92 Å². The molecule has 0 bridgehead atoms. The molecule has 2 amide bonds. The van der Waals surface area contributed by atoms with Crippen molar-refractivity contribution in [1.29, 1.82) is 0 Å². The van der Waals surface area contributed by atoms with Crippen molar-refractivity contribution in [3.05, 3.63) is 65.7 Å². The third-order valence-electron chi connectivity index (χ3n) is 3.79. The summed E-state index contributed by atoms with van der Waals surface area (Å²) in [5, 5.41) is 4.62. The van der Waals surface area contributed by atoms with E-state index in [-0.39, 0.29) is 5.56 Å². The van der Waals surface area contributed by atoms with E-state index in [4.69, 9.17) is 0 Å². The maximum Gasteiger partial charge on any atom is 0.321 e. The summed E-state index contributed by atoms with van der Waals surface area (Å²) in [7, 11) is -8.58. The molecule has 2 aromatic rings. The van der Waals surface area contributed by atoms with Gasteiger partial charge in [0, 0.05) is 23.8 Å². The van der Waals surface area contributed by atoms with Crippen LogP contribution in [-0.2, 0) is 23.9 Å². The molecule has 140 valence electrons. The van der Waals surface area contributed by atoms with Crippen molar-refractivity contribution < 1.29 is 21.6 Å². The van der Waals surface area contributed by atoms with Gasteiger partial charge in [0.1, 0.15) is 0 Å². The molecule has 0 heterocycles. The van der Waals surface area contributed by atoms with Crippen LogP contribution < -0.4 is 10.6 Å². The predicted octanol–water partition coefficient (Wildman–Crippen LogP) is 2.02. The van der Waals surface area contributed by atoms with E-state index < -0.39 is 29.9 Å². The molecular weight excluding hydrogens is 376 g/mol. The van der Waals surface area contributed by atoms with Gasteiger partial charge in [0.2, 0.25) is 0 Å². The minimum absolute atomic E-state index is 0.0657. The van der Waals surface area contributed by atoms with E-state index in [2.05, 4.69) is 10.6 Å². The van der Waals surface area contributed by atoms with Crippen LogP contribution in [0.15, 0.2) is 54.6 Å². The average molecular weight is 396 g/mol. The van der Waals surface area contributed by atoms with Crippen molar-refractivity contribution in [2.45, 2.75) is 11.1 Å². The molecule has 0 fully saturated rings. The molecule has 2 aromatic carbocycles. The maximum atomic E-state index is 12.5. The van der Waals surface area contributed by atoms with Gasteiger partial charge in [0.05, 0.1) is 0 Å². The topological polar surface area (TPSA) is 109 Å². The lowest BCUT2D eigenvalue weighted by Crippen LogP contribution is -2.57. The summed E-state index contributed by atoms with van der Waals surface area (Å²) in [5.74, 6) is 0. The predicted molar refractivity (Wildman–Crippen MR) is 101 cm³/mol. The molecule has 0 aliphatic heterocycles. The van der Waals surface area contributed by atoms with E-state index >= 15 is 0 Å². The first kappa shape index (κ1) is 19.9. The van der Waals surface area contributed by atoms with Gasteiger partial charge in [-0.05, 0) is 19.1 Å². The average Bonchev–Trinajstić information content (AvgIpc) is 2.53. The van der Waals surface area contributed by atoms with Gasteiger partial charge >= 0.3 is 6.03 Å². The third-order valence-corrected chi connectivity index (χ3v) is 8.37. The highest BCUT2D eigenvalue weighted by Crippen LogP contribution is 2.33. The lowest BCUT2D eigenvalue weighted by Gasteiger charge is -2.31. The monoisotopic (exact) mass is 396 g/mol. The second-order valence-electron chi connectivity index (χ2n) is 5.97. The number of amides is 2. The van der Waals surface area contributed by atoms with Gasteiger partial charge in [-0.3, -0.25) is 0 Å². The number of hydrogen-bond donors (Lipinski definition) is 2. The molecular formula is C17H20N2O5S2. The number of hydrogen-bond acceptors (Lipinski definition) is 5. The number of sulfone groups is 2. The Morgan fingerprint density at radius 1 is 0.846 bits per heavy atom. The van der Waals surface area contributed by atoms with E-state index in [0.717, 1.165) is 18.1 Å². The maximum absolute atomic E-state index is 12.5. The molecule has 0 saturated heterocycles. The molecule has 2 rings (SSSR count). The highest BCUT2D eigenvalue weighted by atomic mass is 32.3. The molecule has 0 atom stereocenters. The number of rotatable bonds is 5. The Labute approximate surface area is 153 Å². The standard InChI is InChI=1S/C17H20N2O5S2/c1-13-9-11-15(12-10-13)18-16(20)19-17(25(2,21)22,26(3,23)24)14-7-5-4-6-8-14/h4-12H,1-3H3,(H2,18,19,20). The first-order chi connectivity index (χ1) is 12.0. The second-order valence-corrected chi connectivity index (χ2v) is 10.5. The lowest BCUT2D eigenvalue weighted by atomic mass is 10.2. The van der Waals surface area contributed by atoms with Gasteiger partial charge in [-0.25, -0.2) is 21.6 Å². The van der Waals surface area contributed by atoms with E-state index in [1.807, 2.05) is 6.92 Å². The summed E-state index contributed by atoms with van der Waals surface area (Å²) in [6.07, 6.45) is 1.54. The van der Waals surface area contributed by atoms with E-state index in [1.165, 1.54) is 24.3 Å². The first-order valence-electron chi connectivity index (χ1n) is 7.58. The minimum Gasteiger partial charge on any atom is -0.308 e. The van der Waals surface area contributed by atoms with Gasteiger partial charge in [0.15, 0.2) is 19.7 Å². The normalized spacial score (nSPS) is 12.4. The van der Waals surface area contributed by atoms with Gasteiger partial charge in [-0.2, -0.15) is 0 Å². The number of benzene rings is 2. The van der Waals surface area contributed by atoms with Crippen molar-refractivity contribution in [2.24, 2.45) is 0 Å². The Bertz CT molecular complexity index is 967. The molecule has 0 aromatic heterocycles. The summed E-state index contributed by atoms with van der Waals surface area (Å²) in [6.45, 7) is 1.87. The zero-order valence-electron chi connectivity index (χ0n) is 14.6. The summed E-state index contributed by atoms with van der Waals surface area (Å²) >= 11 is 0. The Hall–Kier alpha value is -2.39. The molecule has 0 saturated carbocycles. The van der Waals surface area contributed by atoms with Crippen LogP contribution in [0.3, 0.4) is 0 Å². The van der Waals surface area contributed by atoms with E-state index in [0.29, 0.717) is 5.69 Å². The molecule has 2 N–H and O–H groups in total. The van der Waals surface area contributed by atoms with Crippen molar-refractivity contribution in [1.82, 2.24) is 5.32 Å². The van der Waals surface area contributed by atoms with Crippen molar-refractivity contribution >= 4 is 31.4 Å². The highest BCUT2D eigenvalue weighted by Gasteiger charge is 2.53. The number of anilines is 1. The van der Waals surface area contributed by atoms with Crippen LogP contribution in [0.5, 0.6) is 0 Å². The van der Waals surface area contributed by atoms with Crippen molar-refractivity contribution in [2.75, 3.05) is 17.8 Å². The van der Waals surface area contributed by atoms with Gasteiger partial charge in [0.25, 0.3) is 4.20 Å². The molecule has 9 heteroatoms. The Balaban J connectivity index is 2.51. The SMILES string of the molecule is Cc1ccc(NC(=O)NC(c2ccccc2)(S(C)(=O)=O)S(C)(=O)=O)cc1. The lowest BCUT2D eigenvalue weighted by molar-refractivity contribution is 0.249. The molecule has 0 unspecified atom stereocenters. The zero-order valence-corrected chi connectivity index (χ0v) is 16.2. The number of aryl methyl sites for hydroxylation is 1. The molecule has 0 radical (unpaired) electrons. The largest absolute Gasteiger partial charge is 0.321 e. The molecule has 0 spiro atoms. The summed E-state index contributed by atoms with van der Waals surface area (Å²) < 4.78 is 47.4. The summed E-state index contributed by atoms with van der Waals surface area (Å²) in [4.78, 5) is 12.4. The van der Waals surface area contributed by atoms with Gasteiger partial charge in [-0.1, -0.05) is 48.0 Å². The van der Waals surface area contributed by atoms with Crippen LogP contribution in [-0.4, -0.2) is 35.4 Å². The minimum atomic E-state index is -4.29. The van der Waals surface area contributed by atoms with E-state index in [9.17, 15) is 21.6 Å². The first-order valence-corrected chi connectivity index (χ1v) is 11.4. The van der Waals surface area contributed by atoms with Crippen LogP contribution >= 0.6 is 0 Å². The van der Waals surface area contributed by atoms with Gasteiger partial charge < -0.3 is 10.6 Å². The quantitative estimate of drug-likeness (QED) is 0.803. The fourth-order valence-corrected chi connectivity index (χ4v) is 6.45. The molecule has 0 aliphatic rings. The zero-order chi connectivity index (χ0) is 19.6.